The van der Waals surface area contributed by atoms with Crippen molar-refractivity contribution < 1.29 is 5.11 Å². The number of rotatable bonds is 3. The van der Waals surface area contributed by atoms with Crippen molar-refractivity contribution in [3.8, 4) is 0 Å². The zero-order valence-corrected chi connectivity index (χ0v) is 9.19. The molecule has 0 unspecified atom stereocenters. The maximum atomic E-state index is 9.25. The summed E-state index contributed by atoms with van der Waals surface area (Å²) >= 11 is 0. The summed E-state index contributed by atoms with van der Waals surface area (Å²) < 4.78 is 0. The molecule has 0 saturated carbocycles. The third-order valence-corrected chi connectivity index (χ3v) is 2.77. The molecule has 1 aliphatic rings. The molecule has 2 rings (SSSR count). The third-order valence-electron chi connectivity index (χ3n) is 2.77. The van der Waals surface area contributed by atoms with Gasteiger partial charge >= 0.3 is 0 Å². The summed E-state index contributed by atoms with van der Waals surface area (Å²) in [5.74, 6) is 1.07. The molecule has 0 radical (unpaired) electrons. The fourth-order valence-corrected chi connectivity index (χ4v) is 2.01. The summed E-state index contributed by atoms with van der Waals surface area (Å²) in [4.78, 5) is 6.74. The highest BCUT2D eigenvalue weighted by Gasteiger charge is 2.12. The van der Waals surface area contributed by atoms with Crippen molar-refractivity contribution in [3.05, 3.63) is 23.9 Å². The first-order chi connectivity index (χ1) is 7.25. The van der Waals surface area contributed by atoms with Crippen LogP contribution in [0.1, 0.15) is 25.3 Å². The molecule has 3 nitrogen and oxygen atoms in total. The van der Waals surface area contributed by atoms with Crippen molar-refractivity contribution in [2.75, 3.05) is 18.0 Å². The molecule has 0 spiro atoms. The molecule has 2 heterocycles. The SMILES string of the molecule is C[C@H](O)Cc1ccc(N2CCCC2)nc1. The number of hydrogen-bond acceptors (Lipinski definition) is 3. The van der Waals surface area contributed by atoms with Gasteiger partial charge in [0.05, 0.1) is 6.10 Å². The molecule has 82 valence electrons. The molecule has 0 bridgehead atoms. The molecule has 1 fully saturated rings. The quantitative estimate of drug-likeness (QED) is 0.816. The maximum absolute atomic E-state index is 9.25. The molecule has 0 aliphatic carbocycles. The van der Waals surface area contributed by atoms with Gasteiger partial charge in [0.1, 0.15) is 5.82 Å². The van der Waals surface area contributed by atoms with Crippen LogP contribution < -0.4 is 4.90 Å². The van der Waals surface area contributed by atoms with Gasteiger partial charge in [-0.3, -0.25) is 0 Å². The van der Waals surface area contributed by atoms with Crippen LogP contribution in [0.3, 0.4) is 0 Å². The monoisotopic (exact) mass is 206 g/mol. The molecule has 1 aromatic rings. The van der Waals surface area contributed by atoms with E-state index in [-0.39, 0.29) is 6.10 Å². The lowest BCUT2D eigenvalue weighted by Gasteiger charge is -2.16. The normalized spacial score (nSPS) is 18.1. The van der Waals surface area contributed by atoms with Gasteiger partial charge in [-0.25, -0.2) is 4.98 Å². The number of anilines is 1. The Hall–Kier alpha value is -1.09. The van der Waals surface area contributed by atoms with Crippen LogP contribution in [0, 0.1) is 0 Å². The highest BCUT2D eigenvalue weighted by Crippen LogP contribution is 2.17. The molecular formula is C12H18N2O. The molecule has 1 N–H and O–H groups in total. The van der Waals surface area contributed by atoms with Crippen molar-refractivity contribution >= 4 is 5.82 Å². The minimum atomic E-state index is -0.288. The number of pyridine rings is 1. The van der Waals surface area contributed by atoms with E-state index in [4.69, 9.17) is 0 Å². The van der Waals surface area contributed by atoms with Crippen molar-refractivity contribution in [3.63, 3.8) is 0 Å². The second-order valence-corrected chi connectivity index (χ2v) is 4.27. The van der Waals surface area contributed by atoms with E-state index in [9.17, 15) is 5.11 Å². The largest absolute Gasteiger partial charge is 0.393 e. The van der Waals surface area contributed by atoms with Crippen LogP contribution in [0.25, 0.3) is 0 Å². The Bertz CT molecular complexity index is 302. The Morgan fingerprint density at radius 1 is 1.40 bits per heavy atom. The van der Waals surface area contributed by atoms with E-state index < -0.39 is 0 Å². The third kappa shape index (κ3) is 2.69. The highest BCUT2D eigenvalue weighted by molar-refractivity contribution is 5.40. The van der Waals surface area contributed by atoms with Gasteiger partial charge in [-0.15, -0.1) is 0 Å². The van der Waals surface area contributed by atoms with E-state index in [1.165, 1.54) is 12.8 Å². The first-order valence-corrected chi connectivity index (χ1v) is 5.63. The van der Waals surface area contributed by atoms with E-state index in [0.717, 1.165) is 24.5 Å². The summed E-state index contributed by atoms with van der Waals surface area (Å²) in [6.45, 7) is 4.06. The van der Waals surface area contributed by atoms with Gasteiger partial charge in [-0.1, -0.05) is 6.07 Å². The lowest BCUT2D eigenvalue weighted by atomic mass is 10.1. The van der Waals surface area contributed by atoms with Crippen molar-refractivity contribution in [2.24, 2.45) is 0 Å². The second-order valence-electron chi connectivity index (χ2n) is 4.27. The predicted molar refractivity (Wildman–Crippen MR) is 61.1 cm³/mol. The van der Waals surface area contributed by atoms with E-state index in [2.05, 4.69) is 22.0 Å². The summed E-state index contributed by atoms with van der Waals surface area (Å²) in [5, 5.41) is 9.25. The Balaban J connectivity index is 2.03. The number of aliphatic hydroxyl groups is 1. The van der Waals surface area contributed by atoms with Crippen LogP contribution in [-0.2, 0) is 6.42 Å². The Kier molecular flexibility index (Phi) is 3.21. The van der Waals surface area contributed by atoms with E-state index in [1.54, 1.807) is 6.92 Å². The smallest absolute Gasteiger partial charge is 0.128 e. The zero-order chi connectivity index (χ0) is 10.7. The first-order valence-electron chi connectivity index (χ1n) is 5.63. The standard InChI is InChI=1S/C12H18N2O/c1-10(15)8-11-4-5-12(13-9-11)14-6-2-3-7-14/h4-5,9-10,15H,2-3,6-8H2,1H3/t10-/m0/s1. The molecule has 0 amide bonds. The average molecular weight is 206 g/mol. The highest BCUT2D eigenvalue weighted by atomic mass is 16.3. The predicted octanol–water partition coefficient (Wildman–Crippen LogP) is 1.61. The van der Waals surface area contributed by atoms with Gasteiger partial charge in [0, 0.05) is 19.3 Å². The van der Waals surface area contributed by atoms with E-state index >= 15 is 0 Å². The average Bonchev–Trinajstić information content (AvgIpc) is 2.71. The summed E-state index contributed by atoms with van der Waals surface area (Å²) in [6, 6.07) is 4.12. The summed E-state index contributed by atoms with van der Waals surface area (Å²) in [5.41, 5.74) is 1.10. The summed E-state index contributed by atoms with van der Waals surface area (Å²) in [6.07, 6.45) is 4.83. The number of hydrogen-bond donors (Lipinski definition) is 1. The van der Waals surface area contributed by atoms with Gasteiger partial charge < -0.3 is 10.0 Å². The van der Waals surface area contributed by atoms with Crippen LogP contribution in [0.15, 0.2) is 18.3 Å². The fraction of sp³-hybridized carbons (Fsp3) is 0.583. The van der Waals surface area contributed by atoms with E-state index in [1.807, 2.05) is 6.20 Å². The molecule has 1 aliphatic heterocycles. The minimum Gasteiger partial charge on any atom is -0.393 e. The Labute approximate surface area is 90.8 Å². The molecule has 1 aromatic heterocycles. The van der Waals surface area contributed by atoms with Gasteiger partial charge in [0.25, 0.3) is 0 Å². The minimum absolute atomic E-state index is 0.288. The topological polar surface area (TPSA) is 36.4 Å². The molecule has 1 saturated heterocycles. The van der Waals surface area contributed by atoms with Crippen LogP contribution >= 0.6 is 0 Å². The first kappa shape index (κ1) is 10.4. The van der Waals surface area contributed by atoms with Crippen molar-refractivity contribution in [1.29, 1.82) is 0 Å². The molecular weight excluding hydrogens is 188 g/mol. The summed E-state index contributed by atoms with van der Waals surface area (Å²) in [7, 11) is 0. The number of aliphatic hydroxyl groups excluding tert-OH is 1. The second kappa shape index (κ2) is 4.62. The van der Waals surface area contributed by atoms with Crippen LogP contribution in [-0.4, -0.2) is 29.3 Å². The van der Waals surface area contributed by atoms with Crippen LogP contribution in [0.2, 0.25) is 0 Å². The number of aromatic nitrogens is 1. The molecule has 1 atom stereocenters. The maximum Gasteiger partial charge on any atom is 0.128 e. The van der Waals surface area contributed by atoms with Gasteiger partial charge in [-0.2, -0.15) is 0 Å². The fourth-order valence-electron chi connectivity index (χ4n) is 2.01. The Morgan fingerprint density at radius 2 is 2.13 bits per heavy atom. The molecule has 3 heteroatoms. The molecule has 15 heavy (non-hydrogen) atoms. The molecule has 0 aromatic carbocycles. The number of nitrogens with zero attached hydrogens (tertiary/aromatic N) is 2. The Morgan fingerprint density at radius 3 is 2.67 bits per heavy atom. The van der Waals surface area contributed by atoms with Crippen molar-refractivity contribution in [2.45, 2.75) is 32.3 Å². The van der Waals surface area contributed by atoms with Crippen molar-refractivity contribution in [1.82, 2.24) is 4.98 Å². The lowest BCUT2D eigenvalue weighted by Crippen LogP contribution is -2.18. The lowest BCUT2D eigenvalue weighted by molar-refractivity contribution is 0.195. The van der Waals surface area contributed by atoms with Gasteiger partial charge in [0.2, 0.25) is 0 Å². The van der Waals surface area contributed by atoms with Crippen LogP contribution in [0.5, 0.6) is 0 Å². The van der Waals surface area contributed by atoms with Gasteiger partial charge in [0.15, 0.2) is 0 Å². The zero-order valence-electron chi connectivity index (χ0n) is 9.19. The van der Waals surface area contributed by atoms with Gasteiger partial charge in [-0.05, 0) is 37.8 Å². The van der Waals surface area contributed by atoms with Crippen LogP contribution in [0.4, 0.5) is 5.82 Å². The van der Waals surface area contributed by atoms with E-state index in [0.29, 0.717) is 6.42 Å².